The largest absolute Gasteiger partial charge is 0.370 e. The molecule has 0 amide bonds. The second-order valence-electron chi connectivity index (χ2n) is 4.13. The van der Waals surface area contributed by atoms with E-state index in [-0.39, 0.29) is 5.96 Å². The summed E-state index contributed by atoms with van der Waals surface area (Å²) in [7, 11) is 0. The van der Waals surface area contributed by atoms with Gasteiger partial charge in [0.05, 0.1) is 17.1 Å². The third-order valence-electron chi connectivity index (χ3n) is 2.54. The molecule has 0 spiro atoms. The van der Waals surface area contributed by atoms with Gasteiger partial charge in [-0.15, -0.1) is 11.3 Å². The van der Waals surface area contributed by atoms with Gasteiger partial charge in [0, 0.05) is 11.1 Å². The molecule has 8 heteroatoms. The maximum absolute atomic E-state index is 5.32. The van der Waals surface area contributed by atoms with Gasteiger partial charge in [-0.3, -0.25) is 0 Å². The minimum Gasteiger partial charge on any atom is -0.370 e. The fraction of sp³-hybridized carbons (Fsp3) is 0.0769. The molecule has 0 saturated heterocycles. The van der Waals surface area contributed by atoms with Crippen molar-refractivity contribution in [3.8, 4) is 11.4 Å². The molecule has 0 unspecified atom stereocenters. The van der Waals surface area contributed by atoms with E-state index < -0.39 is 0 Å². The maximum Gasteiger partial charge on any atom is 0.212 e. The maximum atomic E-state index is 5.32. The van der Waals surface area contributed by atoms with E-state index in [1.807, 2.05) is 35.7 Å². The van der Waals surface area contributed by atoms with Crippen molar-refractivity contribution >= 4 is 34.2 Å². The van der Waals surface area contributed by atoms with Crippen LogP contribution < -0.4 is 11.5 Å². The summed E-state index contributed by atoms with van der Waals surface area (Å²) >= 11 is 2.94. The lowest BCUT2D eigenvalue weighted by atomic mass is 10.3. The predicted molar refractivity (Wildman–Crippen MR) is 85.8 cm³/mol. The van der Waals surface area contributed by atoms with E-state index in [0.29, 0.717) is 10.9 Å². The van der Waals surface area contributed by atoms with Crippen LogP contribution in [0.1, 0.15) is 5.69 Å². The van der Waals surface area contributed by atoms with E-state index in [1.54, 1.807) is 0 Å². The molecule has 0 saturated carbocycles. The van der Waals surface area contributed by atoms with Gasteiger partial charge in [-0.25, -0.2) is 15.0 Å². The molecule has 1 aliphatic carbocycles. The van der Waals surface area contributed by atoms with Crippen molar-refractivity contribution in [2.24, 2.45) is 16.5 Å². The molecule has 21 heavy (non-hydrogen) atoms. The monoisotopic (exact) mass is 316 g/mol. The van der Waals surface area contributed by atoms with E-state index in [4.69, 9.17) is 11.5 Å². The first-order chi connectivity index (χ1) is 10.2. The van der Waals surface area contributed by atoms with Gasteiger partial charge in [0.1, 0.15) is 0 Å². The Morgan fingerprint density at radius 2 is 1.81 bits per heavy atom. The number of imidazole rings is 1. The molecular weight excluding hydrogens is 304 g/mol. The Morgan fingerprint density at radius 1 is 1.10 bits per heavy atom. The molecule has 6 nitrogen and oxygen atoms in total. The lowest BCUT2D eigenvalue weighted by molar-refractivity contribution is 1.07. The molecule has 0 radical (unpaired) electrons. The molecule has 0 aromatic carbocycles. The van der Waals surface area contributed by atoms with Crippen molar-refractivity contribution < 1.29 is 0 Å². The fourth-order valence-corrected chi connectivity index (χ4v) is 3.24. The Morgan fingerprint density at radius 3 is 2.48 bits per heavy atom. The van der Waals surface area contributed by atoms with Gasteiger partial charge in [0.2, 0.25) is 5.13 Å². The second-order valence-corrected chi connectivity index (χ2v) is 5.91. The second kappa shape index (κ2) is 6.06. The SMILES string of the molecule is NC(N)=Nc1nc(CSc2nc3cccccc-3n2)cs1. The van der Waals surface area contributed by atoms with Crippen molar-refractivity contribution in [2.45, 2.75) is 10.9 Å². The number of nitrogens with zero attached hydrogens (tertiary/aromatic N) is 4. The lowest BCUT2D eigenvalue weighted by Crippen LogP contribution is -2.21. The topological polar surface area (TPSA) is 103 Å². The molecule has 0 bridgehead atoms. The summed E-state index contributed by atoms with van der Waals surface area (Å²) in [6, 6.07) is 9.76. The summed E-state index contributed by atoms with van der Waals surface area (Å²) in [5, 5.41) is 3.23. The zero-order valence-corrected chi connectivity index (χ0v) is 12.6. The van der Waals surface area contributed by atoms with Crippen molar-refractivity contribution in [1.82, 2.24) is 15.0 Å². The van der Waals surface area contributed by atoms with Crippen molar-refractivity contribution in [3.63, 3.8) is 0 Å². The number of thiazole rings is 1. The predicted octanol–water partition coefficient (Wildman–Crippen LogP) is 2.24. The molecule has 3 rings (SSSR count). The van der Waals surface area contributed by atoms with Crippen molar-refractivity contribution in [2.75, 3.05) is 0 Å². The van der Waals surface area contributed by atoms with Gasteiger partial charge >= 0.3 is 0 Å². The van der Waals surface area contributed by atoms with Gasteiger partial charge in [-0.2, -0.15) is 4.99 Å². The Balaban J connectivity index is 1.71. The first-order valence-corrected chi connectivity index (χ1v) is 7.97. The van der Waals surface area contributed by atoms with Gasteiger partial charge in [0.25, 0.3) is 0 Å². The number of nitrogens with two attached hydrogens (primary N) is 2. The number of guanidine groups is 1. The molecule has 106 valence electrons. The van der Waals surface area contributed by atoms with Gasteiger partial charge in [0.15, 0.2) is 11.1 Å². The summed E-state index contributed by atoms with van der Waals surface area (Å²) in [5.41, 5.74) is 13.3. The molecule has 0 fully saturated rings. The molecule has 1 aromatic rings. The molecule has 2 heterocycles. The van der Waals surface area contributed by atoms with Gasteiger partial charge in [-0.1, -0.05) is 30.0 Å². The van der Waals surface area contributed by atoms with Crippen LogP contribution in [0.25, 0.3) is 11.4 Å². The average Bonchev–Trinajstić information content (AvgIpc) is 2.98. The summed E-state index contributed by atoms with van der Waals surface area (Å²) in [6.07, 6.45) is 0. The number of fused-ring (bicyclic) bond motifs is 1. The first kappa shape index (κ1) is 13.8. The Kier molecular flexibility index (Phi) is 3.98. The van der Waals surface area contributed by atoms with Crippen LogP contribution in [0.3, 0.4) is 0 Å². The number of thioether (sulfide) groups is 1. The molecule has 2 aliphatic rings. The van der Waals surface area contributed by atoms with Crippen LogP contribution in [0.5, 0.6) is 0 Å². The summed E-state index contributed by atoms with van der Waals surface area (Å²) < 4.78 is 0. The number of aromatic nitrogens is 3. The Labute approximate surface area is 129 Å². The van der Waals surface area contributed by atoms with E-state index >= 15 is 0 Å². The number of rotatable bonds is 4. The van der Waals surface area contributed by atoms with E-state index in [2.05, 4.69) is 19.9 Å². The third-order valence-corrected chi connectivity index (χ3v) is 4.20. The van der Waals surface area contributed by atoms with E-state index in [1.165, 1.54) is 23.1 Å². The zero-order chi connectivity index (χ0) is 14.7. The van der Waals surface area contributed by atoms with Crippen LogP contribution >= 0.6 is 23.1 Å². The minimum absolute atomic E-state index is 0.0158. The average molecular weight is 316 g/mol. The standard InChI is InChI=1S/C13H12N6S2/c14-11(15)19-12-16-8(6-20-12)7-21-13-17-9-4-2-1-3-5-10(9)18-13/h1-6H,7H2,(H4,14,15,16,19). The normalized spacial score (nSPS) is 10.7. The molecule has 4 N–H and O–H groups in total. The van der Waals surface area contributed by atoms with Crippen LogP contribution in [0.2, 0.25) is 0 Å². The number of hydrogen-bond donors (Lipinski definition) is 2. The highest BCUT2D eigenvalue weighted by atomic mass is 32.2. The highest BCUT2D eigenvalue weighted by molar-refractivity contribution is 7.98. The van der Waals surface area contributed by atoms with E-state index in [9.17, 15) is 0 Å². The molecular formula is C13H12N6S2. The molecule has 1 aliphatic heterocycles. The zero-order valence-electron chi connectivity index (χ0n) is 10.9. The van der Waals surface area contributed by atoms with Crippen LogP contribution in [0.4, 0.5) is 5.13 Å². The third kappa shape index (κ3) is 3.47. The van der Waals surface area contributed by atoms with Gasteiger partial charge < -0.3 is 11.5 Å². The van der Waals surface area contributed by atoms with Crippen LogP contribution in [-0.2, 0) is 5.75 Å². The van der Waals surface area contributed by atoms with Crippen LogP contribution in [-0.4, -0.2) is 20.9 Å². The van der Waals surface area contributed by atoms with Gasteiger partial charge in [-0.05, 0) is 12.1 Å². The molecule has 1 aromatic heterocycles. The Hall–Kier alpha value is -2.19. The fourth-order valence-electron chi connectivity index (χ4n) is 1.68. The van der Waals surface area contributed by atoms with Crippen LogP contribution in [0.15, 0.2) is 45.9 Å². The molecule has 0 atom stereocenters. The number of hydrogen-bond acceptors (Lipinski definition) is 6. The van der Waals surface area contributed by atoms with Crippen molar-refractivity contribution in [1.29, 1.82) is 0 Å². The summed E-state index contributed by atoms with van der Waals surface area (Å²) in [4.78, 5) is 17.2. The van der Waals surface area contributed by atoms with E-state index in [0.717, 1.165) is 22.2 Å². The van der Waals surface area contributed by atoms with Crippen LogP contribution in [0, 0.1) is 0 Å². The first-order valence-electron chi connectivity index (χ1n) is 6.10. The highest BCUT2D eigenvalue weighted by Gasteiger charge is 2.10. The smallest absolute Gasteiger partial charge is 0.212 e. The lowest BCUT2D eigenvalue weighted by Gasteiger charge is -1.92. The van der Waals surface area contributed by atoms with Crippen molar-refractivity contribution in [3.05, 3.63) is 41.4 Å². The minimum atomic E-state index is 0.0158. The highest BCUT2D eigenvalue weighted by Crippen LogP contribution is 2.27. The summed E-state index contributed by atoms with van der Waals surface area (Å²) in [6.45, 7) is 0. The summed E-state index contributed by atoms with van der Waals surface area (Å²) in [5.74, 6) is 0.695. The quantitative estimate of drug-likeness (QED) is 0.434. The Bertz CT molecular complexity index is 719. The number of aliphatic imine (C=N–C) groups is 1.